The molecule has 0 amide bonds. The predicted octanol–water partition coefficient (Wildman–Crippen LogP) is 21.9. The lowest BCUT2D eigenvalue weighted by Gasteiger charge is -2.28. The van der Waals surface area contributed by atoms with Crippen LogP contribution in [0.3, 0.4) is 0 Å². The Morgan fingerprint density at radius 3 is 1.00 bits per heavy atom. The molecule has 80 heavy (non-hydrogen) atoms. The Hall–Kier alpha value is -1.51. The molecular weight excluding hydrogens is 1010 g/mol. The van der Waals surface area contributed by atoms with E-state index in [2.05, 4.69) is 38.2 Å². The van der Waals surface area contributed by atoms with E-state index in [-0.39, 0.29) is 32.0 Å². The van der Waals surface area contributed by atoms with Crippen LogP contribution in [0, 0.1) is 0 Å². The van der Waals surface area contributed by atoms with Gasteiger partial charge in [0.2, 0.25) is 0 Å². The van der Waals surface area contributed by atoms with Gasteiger partial charge in [0.05, 0.1) is 27.7 Å². The van der Waals surface area contributed by atoms with Crippen LogP contribution in [0.15, 0.2) is 24.3 Å². The topological polar surface area (TPSA) is 111 Å². The van der Waals surface area contributed by atoms with Gasteiger partial charge in [0.1, 0.15) is 19.8 Å². The second-order valence-corrected chi connectivity index (χ2v) is 26.7. The molecule has 0 radical (unpaired) electrons. The molecule has 2 atom stereocenters. The Morgan fingerprint density at radius 1 is 0.388 bits per heavy atom. The van der Waals surface area contributed by atoms with Crippen molar-refractivity contribution in [2.75, 3.05) is 47.5 Å². The van der Waals surface area contributed by atoms with Crippen molar-refractivity contribution < 1.29 is 42.1 Å². The number of carbonyl (C=O) groups excluding carboxylic acids is 2. The van der Waals surface area contributed by atoms with Crippen molar-refractivity contribution in [3.8, 4) is 0 Å². The quantitative estimate of drug-likeness (QED) is 0.0195. The Labute approximate surface area is 498 Å². The van der Waals surface area contributed by atoms with E-state index in [1.807, 2.05) is 21.1 Å². The molecule has 0 heterocycles. The molecule has 0 spiro atoms. The van der Waals surface area contributed by atoms with Crippen molar-refractivity contribution >= 4 is 19.8 Å². The summed E-state index contributed by atoms with van der Waals surface area (Å²) < 4.78 is 34.2. The SMILES string of the molecule is CCCCCC/C=C\C/C=C\CCCCCCCCCC(=O)OC(COC(=O)CCCCCCCCCCCCCCCCCCCCCCCCCCCCCCCCCCCCCCCC)COP(=O)([O-])OCC[N+](C)(C)C. The molecule has 0 aromatic heterocycles. The van der Waals surface area contributed by atoms with E-state index in [1.165, 1.54) is 276 Å². The molecule has 0 aromatic rings. The zero-order valence-electron chi connectivity index (χ0n) is 54.1. The second kappa shape index (κ2) is 62.0. The van der Waals surface area contributed by atoms with Gasteiger partial charge in [-0.05, 0) is 44.9 Å². The number of allylic oxidation sites excluding steroid dienone is 4. The van der Waals surface area contributed by atoms with E-state index >= 15 is 0 Å². The molecule has 0 N–H and O–H groups in total. The van der Waals surface area contributed by atoms with Crippen LogP contribution < -0.4 is 4.89 Å². The summed E-state index contributed by atoms with van der Waals surface area (Å²) in [5.74, 6) is -0.824. The lowest BCUT2D eigenvalue weighted by molar-refractivity contribution is -0.870. The van der Waals surface area contributed by atoms with Crippen LogP contribution in [0.4, 0.5) is 0 Å². The van der Waals surface area contributed by atoms with E-state index in [1.54, 1.807) is 0 Å². The van der Waals surface area contributed by atoms with E-state index in [4.69, 9.17) is 18.5 Å². The fourth-order valence-corrected chi connectivity index (χ4v) is 11.3. The number of nitrogens with zero attached hydrogens (tertiary/aromatic N) is 1. The summed E-state index contributed by atoms with van der Waals surface area (Å²) in [5.41, 5.74) is 0. The van der Waals surface area contributed by atoms with Crippen LogP contribution in [-0.4, -0.2) is 70.0 Å². The summed E-state index contributed by atoms with van der Waals surface area (Å²) in [4.78, 5) is 38.0. The normalized spacial score (nSPS) is 13.2. The van der Waals surface area contributed by atoms with Crippen molar-refractivity contribution in [1.82, 2.24) is 0 Å². The first-order chi connectivity index (χ1) is 39.0. The molecule has 0 fully saturated rings. The number of hydrogen-bond donors (Lipinski definition) is 0. The lowest BCUT2D eigenvalue weighted by atomic mass is 10.0. The molecule has 0 aliphatic carbocycles. The van der Waals surface area contributed by atoms with Crippen molar-refractivity contribution in [2.24, 2.45) is 0 Å². The van der Waals surface area contributed by atoms with Gasteiger partial charge in [0.15, 0.2) is 6.10 Å². The van der Waals surface area contributed by atoms with Crippen LogP contribution in [0.5, 0.6) is 0 Å². The highest BCUT2D eigenvalue weighted by Crippen LogP contribution is 2.38. The standard InChI is InChI=1S/C70H136NO8P/c1-6-8-10-12-14-16-18-20-22-24-26-27-28-29-30-31-32-33-34-35-36-37-38-39-40-41-42-43-44-45-47-48-50-52-54-56-58-60-62-69(72)76-66-68(67-78-80(74,75)77-65-64-71(3,4)5)79-70(73)63-61-59-57-55-53-51-49-46-25-23-21-19-17-15-13-11-9-7-2/h17,19,23,25,68H,6-16,18,20-22,24,26-67H2,1-5H3/b19-17-,25-23-. The predicted molar refractivity (Wildman–Crippen MR) is 342 cm³/mol. The number of esters is 2. The number of rotatable bonds is 66. The van der Waals surface area contributed by atoms with E-state index in [0.717, 1.165) is 51.4 Å². The molecule has 0 aliphatic rings. The third-order valence-corrected chi connectivity index (χ3v) is 16.9. The number of phosphoric acid groups is 1. The number of quaternary nitrogens is 1. The Kier molecular flexibility index (Phi) is 60.9. The first-order valence-corrected chi connectivity index (χ1v) is 36.5. The average Bonchev–Trinajstić information content (AvgIpc) is 3.42. The molecular formula is C70H136NO8P. The zero-order chi connectivity index (χ0) is 58.4. The van der Waals surface area contributed by atoms with Crippen molar-refractivity contribution in [3.05, 3.63) is 24.3 Å². The number of carbonyl (C=O) groups is 2. The maximum atomic E-state index is 12.8. The first-order valence-electron chi connectivity index (χ1n) is 35.0. The van der Waals surface area contributed by atoms with Gasteiger partial charge in [0, 0.05) is 12.8 Å². The molecule has 9 nitrogen and oxygen atoms in total. The first kappa shape index (κ1) is 78.5. The molecule has 0 bridgehead atoms. The molecule has 474 valence electrons. The van der Waals surface area contributed by atoms with Crippen LogP contribution in [0.2, 0.25) is 0 Å². The van der Waals surface area contributed by atoms with E-state index < -0.39 is 26.5 Å². The zero-order valence-corrected chi connectivity index (χ0v) is 55.0. The molecule has 0 aromatic carbocycles. The van der Waals surface area contributed by atoms with Crippen molar-refractivity contribution in [2.45, 2.75) is 367 Å². The average molecular weight is 1150 g/mol. The second-order valence-electron chi connectivity index (χ2n) is 25.3. The number of phosphoric ester groups is 1. The summed E-state index contributed by atoms with van der Waals surface area (Å²) in [6.07, 6.45) is 77.1. The van der Waals surface area contributed by atoms with Gasteiger partial charge in [-0.15, -0.1) is 0 Å². The third kappa shape index (κ3) is 65.6. The van der Waals surface area contributed by atoms with Gasteiger partial charge in [-0.25, -0.2) is 0 Å². The molecule has 0 saturated heterocycles. The highest BCUT2D eigenvalue weighted by molar-refractivity contribution is 7.45. The third-order valence-electron chi connectivity index (χ3n) is 16.0. The number of unbranched alkanes of at least 4 members (excludes halogenated alkanes) is 48. The molecule has 0 saturated carbocycles. The smallest absolute Gasteiger partial charge is 0.306 e. The maximum absolute atomic E-state index is 12.8. The van der Waals surface area contributed by atoms with E-state index in [9.17, 15) is 19.0 Å². The van der Waals surface area contributed by atoms with Crippen LogP contribution in [0.25, 0.3) is 0 Å². The van der Waals surface area contributed by atoms with Gasteiger partial charge in [-0.2, -0.15) is 0 Å². The molecule has 2 unspecified atom stereocenters. The number of likely N-dealkylation sites (N-methyl/N-ethyl adjacent to an activating group) is 1. The van der Waals surface area contributed by atoms with Gasteiger partial charge in [-0.1, -0.05) is 327 Å². The summed E-state index contributed by atoms with van der Waals surface area (Å²) in [7, 11) is 1.18. The Morgan fingerprint density at radius 2 is 0.675 bits per heavy atom. The van der Waals surface area contributed by atoms with Gasteiger partial charge < -0.3 is 27.9 Å². The van der Waals surface area contributed by atoms with Gasteiger partial charge in [0.25, 0.3) is 7.82 Å². The molecule has 0 rings (SSSR count). The highest BCUT2D eigenvalue weighted by Gasteiger charge is 2.22. The van der Waals surface area contributed by atoms with Gasteiger partial charge in [-0.3, -0.25) is 14.2 Å². The molecule has 0 aliphatic heterocycles. The number of hydrogen-bond acceptors (Lipinski definition) is 8. The van der Waals surface area contributed by atoms with Crippen LogP contribution in [0.1, 0.15) is 361 Å². The largest absolute Gasteiger partial charge is 0.756 e. The summed E-state index contributed by atoms with van der Waals surface area (Å²) >= 11 is 0. The van der Waals surface area contributed by atoms with Crippen LogP contribution in [-0.2, 0) is 32.7 Å². The van der Waals surface area contributed by atoms with Gasteiger partial charge >= 0.3 is 11.9 Å². The fourth-order valence-electron chi connectivity index (χ4n) is 10.6. The van der Waals surface area contributed by atoms with Crippen LogP contribution >= 0.6 is 7.82 Å². The lowest BCUT2D eigenvalue weighted by Crippen LogP contribution is -2.37. The van der Waals surface area contributed by atoms with Crippen molar-refractivity contribution in [3.63, 3.8) is 0 Å². The summed E-state index contributed by atoms with van der Waals surface area (Å²) in [6.45, 7) is 4.27. The minimum absolute atomic E-state index is 0.0300. The molecule has 10 heteroatoms. The highest BCUT2D eigenvalue weighted by atomic mass is 31.2. The van der Waals surface area contributed by atoms with E-state index in [0.29, 0.717) is 17.4 Å². The Bertz CT molecular complexity index is 1400. The Balaban J connectivity index is 3.88. The summed E-state index contributed by atoms with van der Waals surface area (Å²) in [5, 5.41) is 0. The minimum atomic E-state index is -4.64. The minimum Gasteiger partial charge on any atom is -0.756 e. The summed E-state index contributed by atoms with van der Waals surface area (Å²) in [6, 6.07) is 0. The monoisotopic (exact) mass is 1150 g/mol. The maximum Gasteiger partial charge on any atom is 0.306 e. The number of ether oxygens (including phenoxy) is 2. The van der Waals surface area contributed by atoms with Crippen molar-refractivity contribution in [1.29, 1.82) is 0 Å². The fraction of sp³-hybridized carbons (Fsp3) is 0.914.